The molecule has 1 heterocycles. The van der Waals surface area contributed by atoms with Crippen molar-refractivity contribution in [1.82, 2.24) is 25.5 Å². The lowest BCUT2D eigenvalue weighted by Crippen LogP contribution is -2.41. The van der Waals surface area contributed by atoms with Crippen LogP contribution in [0.15, 0.2) is 84.9 Å². The first-order valence-corrected chi connectivity index (χ1v) is 19.9. The molecule has 13 nitrogen and oxygen atoms in total. The van der Waals surface area contributed by atoms with Crippen LogP contribution < -0.4 is 26.8 Å². The Labute approximate surface area is 342 Å². The first-order valence-electron chi connectivity index (χ1n) is 19.6. The zero-order valence-corrected chi connectivity index (χ0v) is 34.1. The van der Waals surface area contributed by atoms with Gasteiger partial charge in [-0.25, -0.2) is 9.97 Å². The van der Waals surface area contributed by atoms with Crippen molar-refractivity contribution in [2.24, 2.45) is 11.3 Å². The number of unbranched alkanes of at least 4 members (excludes halogenated alkanes) is 1. The zero-order valence-electron chi connectivity index (χ0n) is 33.4. The number of nitrogens with one attached hydrogen (secondary N) is 3. The Morgan fingerprint density at radius 3 is 2.26 bits per heavy atom. The highest BCUT2D eigenvalue weighted by atomic mass is 35.5. The number of hydrogen-bond acceptors (Lipinski definition) is 11. The molecule has 308 valence electrons. The molecule has 57 heavy (non-hydrogen) atoms. The summed E-state index contributed by atoms with van der Waals surface area (Å²) < 4.78 is 18.4. The molecule has 1 aromatic heterocycles. The van der Waals surface area contributed by atoms with Crippen LogP contribution in [-0.2, 0) is 22.3 Å². The maximum Gasteiger partial charge on any atom is 0.280 e. The standard InChI is InChI=1S/C43H59ClN8O5/c1-31(2)43(3,29-57-41(54)34-17-8-5-9-18-34)23-27-55-30-52(25-12-16-32-13-6-4-7-14-32)26-28-56-35-21-19-33(20-22-35)15-10-11-24-48-42(47)51-40(53)36-38(45)50-39(46)37(44)49-36/h4-9,13-14,17-22,31,41,54H,10-12,15-16,23-30H2,1-3H3,(H4,45,46,50)(H3,47,48,51,53). The fourth-order valence-electron chi connectivity index (χ4n) is 5.94. The number of carbonyl (C=O) groups is 1. The van der Waals surface area contributed by atoms with Crippen LogP contribution in [-0.4, -0.2) is 78.0 Å². The summed E-state index contributed by atoms with van der Waals surface area (Å²) in [4.78, 5) is 22.3. The van der Waals surface area contributed by atoms with Gasteiger partial charge in [0.2, 0.25) is 0 Å². The van der Waals surface area contributed by atoms with E-state index in [4.69, 9.17) is 42.7 Å². The zero-order chi connectivity index (χ0) is 41.0. The van der Waals surface area contributed by atoms with Gasteiger partial charge in [0, 0.05) is 31.8 Å². The van der Waals surface area contributed by atoms with Crippen molar-refractivity contribution in [3.05, 3.63) is 112 Å². The summed E-state index contributed by atoms with van der Waals surface area (Å²) in [5.74, 6) is 0.0413. The van der Waals surface area contributed by atoms with E-state index < -0.39 is 12.2 Å². The van der Waals surface area contributed by atoms with E-state index in [9.17, 15) is 9.90 Å². The number of ether oxygens (including phenoxy) is 3. The van der Waals surface area contributed by atoms with Crippen LogP contribution in [0.25, 0.3) is 0 Å². The van der Waals surface area contributed by atoms with Gasteiger partial charge in [0.25, 0.3) is 5.91 Å². The van der Waals surface area contributed by atoms with Crippen molar-refractivity contribution in [3.63, 3.8) is 0 Å². The van der Waals surface area contributed by atoms with E-state index in [1.807, 2.05) is 48.5 Å². The molecule has 0 fully saturated rings. The molecule has 0 saturated carbocycles. The largest absolute Gasteiger partial charge is 0.492 e. The van der Waals surface area contributed by atoms with Crippen molar-refractivity contribution in [3.8, 4) is 5.75 Å². The first-order chi connectivity index (χ1) is 27.4. The van der Waals surface area contributed by atoms with Crippen LogP contribution in [0.2, 0.25) is 5.15 Å². The summed E-state index contributed by atoms with van der Waals surface area (Å²) in [5, 5.41) is 23.7. The van der Waals surface area contributed by atoms with Crippen molar-refractivity contribution < 1.29 is 24.1 Å². The number of hydrogen-bond donors (Lipinski definition) is 6. The van der Waals surface area contributed by atoms with Gasteiger partial charge < -0.3 is 36.1 Å². The fourth-order valence-corrected chi connectivity index (χ4v) is 6.07. The van der Waals surface area contributed by atoms with E-state index in [0.717, 1.165) is 62.9 Å². The molecule has 1 amide bonds. The number of nitrogens with zero attached hydrogens (tertiary/aromatic N) is 3. The lowest BCUT2D eigenvalue weighted by atomic mass is 9.77. The number of aryl methyl sites for hydroxylation is 2. The predicted molar refractivity (Wildman–Crippen MR) is 226 cm³/mol. The molecular formula is C43H59ClN8O5. The summed E-state index contributed by atoms with van der Waals surface area (Å²) in [6.45, 7) is 10.7. The number of guanidine groups is 1. The van der Waals surface area contributed by atoms with Crippen LogP contribution in [0.5, 0.6) is 5.75 Å². The van der Waals surface area contributed by atoms with Gasteiger partial charge in [-0.2, -0.15) is 0 Å². The monoisotopic (exact) mass is 802 g/mol. The van der Waals surface area contributed by atoms with E-state index in [0.29, 0.717) is 39.0 Å². The van der Waals surface area contributed by atoms with Crippen molar-refractivity contribution >= 4 is 35.1 Å². The van der Waals surface area contributed by atoms with Crippen LogP contribution in [0.4, 0.5) is 11.6 Å². The Morgan fingerprint density at radius 2 is 1.56 bits per heavy atom. The topological polar surface area (TPSA) is 194 Å². The maximum atomic E-state index is 12.4. The molecule has 0 bridgehead atoms. The van der Waals surface area contributed by atoms with E-state index in [2.05, 4.69) is 82.7 Å². The number of nitrogens with two attached hydrogens (primary N) is 2. The minimum absolute atomic E-state index is 0.0716. The van der Waals surface area contributed by atoms with Crippen molar-refractivity contribution in [1.29, 1.82) is 5.41 Å². The quantitative estimate of drug-likeness (QED) is 0.0193. The van der Waals surface area contributed by atoms with Crippen LogP contribution in [0.3, 0.4) is 0 Å². The Bertz CT molecular complexity index is 1800. The lowest BCUT2D eigenvalue weighted by molar-refractivity contribution is -0.138. The SMILES string of the molecule is CC(C)C(C)(CCOCN(CCCc1ccccc1)CCOc1ccc(CCCCNC(=N)NC(=O)c2nc(Cl)c(N)nc2N)cc1)COC(O)c1ccccc1. The summed E-state index contributed by atoms with van der Waals surface area (Å²) in [7, 11) is 0. The molecule has 4 rings (SSSR count). The average molecular weight is 803 g/mol. The molecule has 2 unspecified atom stereocenters. The third-order valence-electron chi connectivity index (χ3n) is 10.1. The highest BCUT2D eigenvalue weighted by Gasteiger charge is 2.30. The summed E-state index contributed by atoms with van der Waals surface area (Å²) in [6, 6.07) is 28.1. The number of nitrogen functional groups attached to an aromatic ring is 2. The number of aliphatic hydroxyl groups excluding tert-OH is 1. The molecule has 0 spiro atoms. The molecule has 2 atom stereocenters. The molecule has 8 N–H and O–H groups in total. The number of aromatic nitrogens is 2. The predicted octanol–water partition coefficient (Wildman–Crippen LogP) is 6.62. The van der Waals surface area contributed by atoms with Gasteiger partial charge in [-0.05, 0) is 73.1 Å². The Balaban J connectivity index is 1.16. The third kappa shape index (κ3) is 15.6. The maximum absolute atomic E-state index is 12.4. The molecule has 0 saturated heterocycles. The number of aliphatic hydroxyl groups is 1. The van der Waals surface area contributed by atoms with Gasteiger partial charge in [0.15, 0.2) is 34.7 Å². The molecule has 14 heteroatoms. The molecule has 0 radical (unpaired) electrons. The van der Waals surface area contributed by atoms with Gasteiger partial charge in [0.1, 0.15) is 12.4 Å². The van der Waals surface area contributed by atoms with Gasteiger partial charge >= 0.3 is 0 Å². The van der Waals surface area contributed by atoms with Gasteiger partial charge in [-0.3, -0.25) is 20.4 Å². The van der Waals surface area contributed by atoms with Gasteiger partial charge in [-0.1, -0.05) is 105 Å². The number of halogens is 1. The highest BCUT2D eigenvalue weighted by molar-refractivity contribution is 6.31. The summed E-state index contributed by atoms with van der Waals surface area (Å²) >= 11 is 5.85. The molecule has 3 aromatic carbocycles. The van der Waals surface area contributed by atoms with Crippen molar-refractivity contribution in [2.75, 3.05) is 57.7 Å². The third-order valence-corrected chi connectivity index (χ3v) is 10.4. The number of amides is 1. The average Bonchev–Trinajstić information content (AvgIpc) is 3.20. The van der Waals surface area contributed by atoms with E-state index in [1.54, 1.807) is 0 Å². The van der Waals surface area contributed by atoms with Crippen LogP contribution in [0.1, 0.15) is 79.9 Å². The summed E-state index contributed by atoms with van der Waals surface area (Å²) in [6.07, 6.45) is 4.38. The molecule has 0 aliphatic heterocycles. The molecular weight excluding hydrogens is 744 g/mol. The number of rotatable bonds is 24. The van der Waals surface area contributed by atoms with Crippen LogP contribution in [0, 0.1) is 16.7 Å². The normalized spacial score (nSPS) is 13.0. The lowest BCUT2D eigenvalue weighted by Gasteiger charge is -2.34. The number of carbonyl (C=O) groups excluding carboxylic acids is 1. The second kappa shape index (κ2) is 23.4. The second-order valence-electron chi connectivity index (χ2n) is 14.7. The molecule has 0 aliphatic carbocycles. The van der Waals surface area contributed by atoms with Gasteiger partial charge in [-0.15, -0.1) is 0 Å². The smallest absolute Gasteiger partial charge is 0.280 e. The number of benzene rings is 3. The molecule has 4 aromatic rings. The van der Waals surface area contributed by atoms with Crippen molar-refractivity contribution in [2.45, 2.75) is 65.6 Å². The van der Waals surface area contributed by atoms with E-state index >= 15 is 0 Å². The number of anilines is 2. The highest BCUT2D eigenvalue weighted by Crippen LogP contribution is 2.33. The fraction of sp³-hybridized carbons (Fsp3) is 0.442. The Morgan fingerprint density at radius 1 is 0.895 bits per heavy atom. The first kappa shape index (κ1) is 44.9. The molecule has 0 aliphatic rings. The Kier molecular flexibility index (Phi) is 18.5. The van der Waals surface area contributed by atoms with Crippen LogP contribution >= 0.6 is 11.6 Å². The Hall–Kier alpha value is -4.79. The minimum Gasteiger partial charge on any atom is -0.492 e. The minimum atomic E-state index is -0.957. The summed E-state index contributed by atoms with van der Waals surface area (Å²) in [5.41, 5.74) is 14.2. The second-order valence-corrected chi connectivity index (χ2v) is 15.1. The van der Waals surface area contributed by atoms with Gasteiger partial charge in [0.05, 0.1) is 13.3 Å². The van der Waals surface area contributed by atoms with E-state index in [1.165, 1.54) is 11.1 Å². The van der Waals surface area contributed by atoms with E-state index in [-0.39, 0.29) is 33.9 Å².